The van der Waals surface area contributed by atoms with Crippen molar-refractivity contribution in [3.05, 3.63) is 113 Å². The van der Waals surface area contributed by atoms with Crippen LogP contribution in [0.15, 0.2) is 69.6 Å². The van der Waals surface area contributed by atoms with Crippen molar-refractivity contribution in [3.8, 4) is 17.6 Å². The Bertz CT molecular complexity index is 1840. The lowest BCUT2D eigenvalue weighted by atomic mass is 10.1. The maximum Gasteiger partial charge on any atom is 0.317 e. The first kappa shape index (κ1) is 38.0. The summed E-state index contributed by atoms with van der Waals surface area (Å²) in [6, 6.07) is 19.2. The molecule has 0 aliphatic rings. The van der Waals surface area contributed by atoms with E-state index in [4.69, 9.17) is 37.4 Å². The van der Waals surface area contributed by atoms with Gasteiger partial charge in [-0.1, -0.05) is 35.3 Å². The Morgan fingerprint density at radius 2 is 1.51 bits per heavy atom. The van der Waals surface area contributed by atoms with Crippen LogP contribution in [0, 0.1) is 17.1 Å². The van der Waals surface area contributed by atoms with Gasteiger partial charge in [-0.15, -0.1) is 0 Å². The number of nitriles is 1. The van der Waals surface area contributed by atoms with Gasteiger partial charge in [0.2, 0.25) is 0 Å². The summed E-state index contributed by atoms with van der Waals surface area (Å²) in [7, 11) is 0. The fourth-order valence-electron chi connectivity index (χ4n) is 4.84. The monoisotopic (exact) mass is 833 g/mol. The van der Waals surface area contributed by atoms with Crippen molar-refractivity contribution >= 4 is 78.4 Å². The molecule has 0 fully saturated rings. The highest BCUT2D eigenvalue weighted by Gasteiger charge is 2.17. The first-order valence-corrected chi connectivity index (χ1v) is 17.6. The average molecular weight is 836 g/mol. The molecule has 4 aromatic rings. The van der Waals surface area contributed by atoms with Gasteiger partial charge in [-0.3, -0.25) is 9.59 Å². The van der Waals surface area contributed by atoms with Crippen LogP contribution in [0.25, 0.3) is 0 Å². The molecule has 256 valence electrons. The topological polar surface area (TPSA) is 110 Å². The van der Waals surface area contributed by atoms with Gasteiger partial charge in [0.05, 0.1) is 49.2 Å². The minimum atomic E-state index is -0.716. The Labute approximate surface area is 311 Å². The maximum absolute atomic E-state index is 14.7. The number of hydrogen-bond acceptors (Lipinski definition) is 8. The van der Waals surface area contributed by atoms with Gasteiger partial charge in [-0.2, -0.15) is 5.26 Å². The zero-order chi connectivity index (χ0) is 35.5. The highest BCUT2D eigenvalue weighted by atomic mass is 79.9. The predicted molar refractivity (Wildman–Crippen MR) is 196 cm³/mol. The highest BCUT2D eigenvalue weighted by Crippen LogP contribution is 2.37. The molecule has 0 unspecified atom stereocenters. The second-order valence-corrected chi connectivity index (χ2v) is 13.3. The van der Waals surface area contributed by atoms with E-state index in [1.54, 1.807) is 54.6 Å². The van der Waals surface area contributed by atoms with Gasteiger partial charge < -0.3 is 24.8 Å². The number of anilines is 2. The van der Waals surface area contributed by atoms with Crippen molar-refractivity contribution in [1.82, 2.24) is 0 Å². The van der Waals surface area contributed by atoms with Gasteiger partial charge in [-0.25, -0.2) is 4.39 Å². The first-order chi connectivity index (χ1) is 23.5. The number of ether oxygens (including phenoxy) is 3. The molecule has 0 saturated heterocycles. The van der Waals surface area contributed by atoms with Crippen molar-refractivity contribution in [1.29, 1.82) is 5.26 Å². The molecule has 0 aliphatic carbocycles. The number of benzene rings is 4. The number of nitrogens with one attached hydrogen (secondary N) is 2. The summed E-state index contributed by atoms with van der Waals surface area (Å²) in [6.07, 6.45) is -0.0352. The number of esters is 2. The third kappa shape index (κ3) is 10.8. The molecule has 0 bridgehead atoms. The minimum absolute atomic E-state index is 0.0865. The van der Waals surface area contributed by atoms with Gasteiger partial charge in [0, 0.05) is 24.3 Å². The molecule has 0 heterocycles. The number of carbonyl (C=O) groups is 2. The van der Waals surface area contributed by atoms with Crippen LogP contribution >= 0.6 is 55.1 Å². The summed E-state index contributed by atoms with van der Waals surface area (Å²) >= 11 is 19.8. The zero-order valence-corrected chi connectivity index (χ0v) is 31.3. The van der Waals surface area contributed by atoms with Crippen molar-refractivity contribution in [3.63, 3.8) is 0 Å². The molecule has 8 nitrogen and oxygen atoms in total. The molecule has 4 aromatic carbocycles. The highest BCUT2D eigenvalue weighted by molar-refractivity contribution is 9.11. The fraction of sp³-hybridized carbons (Fsp3) is 0.250. The Morgan fingerprint density at radius 3 is 2.16 bits per heavy atom. The summed E-state index contributed by atoms with van der Waals surface area (Å²) in [5, 5.41) is 15.9. The van der Waals surface area contributed by atoms with Crippen LogP contribution in [0.4, 0.5) is 15.8 Å². The standard InChI is InChI=1S/C36H32Br2Cl2FN3O5/c1-3-43-26-11-23(18-42)10-24(12-26)19-47-35-27(37)13-22(14-28(35)38)17-33(46)49-32(45)9-8-21-15-29(39)36(30(40)16-21)48-20-25-6-5-7-31(34(25)41)44-4-2/h5-7,10-16,43-44H,3-4,8-9,17,19-20H2,1-2H3. The van der Waals surface area contributed by atoms with E-state index in [1.807, 2.05) is 19.9 Å². The third-order valence-electron chi connectivity index (χ3n) is 7.01. The molecule has 13 heteroatoms. The summed E-state index contributed by atoms with van der Waals surface area (Å²) in [4.78, 5) is 25.1. The van der Waals surface area contributed by atoms with E-state index in [1.165, 1.54) is 0 Å². The molecule has 0 aromatic heterocycles. The summed E-state index contributed by atoms with van der Waals surface area (Å²) in [5.74, 6) is -1.13. The van der Waals surface area contributed by atoms with Crippen LogP contribution in [-0.4, -0.2) is 25.0 Å². The Balaban J connectivity index is 1.29. The van der Waals surface area contributed by atoms with Gasteiger partial charge >= 0.3 is 11.9 Å². The van der Waals surface area contributed by atoms with E-state index in [0.29, 0.717) is 55.7 Å². The van der Waals surface area contributed by atoms with Crippen molar-refractivity contribution in [2.24, 2.45) is 0 Å². The second kappa shape index (κ2) is 18.3. The van der Waals surface area contributed by atoms with E-state index in [0.717, 1.165) is 11.3 Å². The van der Waals surface area contributed by atoms with E-state index >= 15 is 0 Å². The molecule has 0 spiro atoms. The zero-order valence-electron chi connectivity index (χ0n) is 26.6. The largest absolute Gasteiger partial charge is 0.487 e. The van der Waals surface area contributed by atoms with E-state index in [-0.39, 0.29) is 48.3 Å². The van der Waals surface area contributed by atoms with E-state index in [2.05, 4.69) is 48.6 Å². The lowest BCUT2D eigenvalue weighted by Gasteiger charge is -2.14. The molecule has 49 heavy (non-hydrogen) atoms. The second-order valence-electron chi connectivity index (χ2n) is 10.7. The SMILES string of the molecule is CCNc1cc(C#N)cc(COc2c(Br)cc(CC(=O)OC(=O)CCc3cc(Cl)c(OCc4cccc(NCC)c4F)c(Cl)c3)cc2Br)c1. The Kier molecular flexibility index (Phi) is 14.2. The van der Waals surface area contributed by atoms with Crippen LogP contribution in [0.5, 0.6) is 11.5 Å². The lowest BCUT2D eigenvalue weighted by molar-refractivity contribution is -0.159. The van der Waals surface area contributed by atoms with Gasteiger partial charge in [0.25, 0.3) is 0 Å². The molecule has 0 atom stereocenters. The maximum atomic E-state index is 14.7. The summed E-state index contributed by atoms with van der Waals surface area (Å²) in [5.41, 5.74) is 4.09. The number of halogens is 5. The Morgan fingerprint density at radius 1 is 0.837 bits per heavy atom. The first-order valence-electron chi connectivity index (χ1n) is 15.2. The summed E-state index contributed by atoms with van der Waals surface area (Å²) < 4.78 is 32.7. The molecule has 0 saturated carbocycles. The van der Waals surface area contributed by atoms with Crippen molar-refractivity contribution in [2.45, 2.75) is 46.3 Å². The van der Waals surface area contributed by atoms with E-state index in [9.17, 15) is 19.2 Å². The molecule has 0 radical (unpaired) electrons. The molecular formula is C36H32Br2Cl2FN3O5. The molecule has 4 rings (SSSR count). The quantitative estimate of drug-likeness (QED) is 0.0901. The fourth-order valence-corrected chi connectivity index (χ4v) is 7.00. The van der Waals surface area contributed by atoms with Crippen LogP contribution < -0.4 is 20.1 Å². The van der Waals surface area contributed by atoms with Crippen LogP contribution in [0.2, 0.25) is 10.0 Å². The van der Waals surface area contributed by atoms with Crippen molar-refractivity contribution in [2.75, 3.05) is 23.7 Å². The average Bonchev–Trinajstić information content (AvgIpc) is 3.04. The number of hydrogen-bond donors (Lipinski definition) is 2. The molecule has 0 amide bonds. The smallest absolute Gasteiger partial charge is 0.317 e. The lowest BCUT2D eigenvalue weighted by Crippen LogP contribution is -2.15. The molecule has 0 aliphatic heterocycles. The molecule has 2 N–H and O–H groups in total. The van der Waals surface area contributed by atoms with Gasteiger partial charge in [0.1, 0.15) is 19.0 Å². The van der Waals surface area contributed by atoms with Gasteiger partial charge in [0.15, 0.2) is 11.6 Å². The minimum Gasteiger partial charge on any atom is -0.487 e. The molecular weight excluding hydrogens is 804 g/mol. The number of nitrogens with zero attached hydrogens (tertiary/aromatic N) is 1. The predicted octanol–water partition coefficient (Wildman–Crippen LogP) is 9.80. The number of carbonyl (C=O) groups excluding carboxylic acids is 2. The number of rotatable bonds is 15. The summed E-state index contributed by atoms with van der Waals surface area (Å²) in [6.45, 7) is 5.26. The normalized spacial score (nSPS) is 10.7. The van der Waals surface area contributed by atoms with Gasteiger partial charge in [-0.05, 0) is 117 Å². The third-order valence-corrected chi connectivity index (χ3v) is 8.75. The van der Waals surface area contributed by atoms with Crippen LogP contribution in [0.3, 0.4) is 0 Å². The van der Waals surface area contributed by atoms with Crippen LogP contribution in [0.1, 0.15) is 48.1 Å². The Hall–Kier alpha value is -3.82. The van der Waals surface area contributed by atoms with E-state index < -0.39 is 17.8 Å². The number of aryl methyl sites for hydroxylation is 1. The van der Waals surface area contributed by atoms with Crippen molar-refractivity contribution < 1.29 is 28.2 Å². The van der Waals surface area contributed by atoms with Crippen LogP contribution in [-0.2, 0) is 40.4 Å².